The van der Waals surface area contributed by atoms with Gasteiger partial charge in [-0.25, -0.2) is 13.1 Å². The van der Waals surface area contributed by atoms with E-state index in [1.165, 1.54) is 6.20 Å². The van der Waals surface area contributed by atoms with E-state index in [-0.39, 0.29) is 10.3 Å². The van der Waals surface area contributed by atoms with Crippen LogP contribution >= 0.6 is 0 Å². The number of aromatic amines is 1. The average molecular weight is 273 g/mol. The number of sulfonamides is 1. The molecule has 2 N–H and O–H groups in total. The van der Waals surface area contributed by atoms with Gasteiger partial charge in [-0.15, -0.1) is 0 Å². The van der Waals surface area contributed by atoms with Gasteiger partial charge in [0.05, 0.1) is 11.9 Å². The molecule has 1 aromatic heterocycles. The standard InChI is InChI=1S/C11H19N3O3S/c1-9-10(7-12-14-9)18(15,16)13-8-11(2)3-5-17-6-4-11/h7,13H,3-6,8H2,1-2H3,(H,12,14). The molecule has 0 saturated carbocycles. The monoisotopic (exact) mass is 273 g/mol. The second kappa shape index (κ2) is 4.99. The van der Waals surface area contributed by atoms with Crippen LogP contribution in [0.25, 0.3) is 0 Å². The van der Waals surface area contributed by atoms with Gasteiger partial charge in [-0.05, 0) is 25.2 Å². The summed E-state index contributed by atoms with van der Waals surface area (Å²) in [7, 11) is -3.47. The number of nitrogens with zero attached hydrogens (tertiary/aromatic N) is 1. The van der Waals surface area contributed by atoms with Crippen molar-refractivity contribution in [3.63, 3.8) is 0 Å². The molecule has 0 bridgehead atoms. The Morgan fingerprint density at radius 1 is 1.50 bits per heavy atom. The van der Waals surface area contributed by atoms with E-state index in [1.807, 2.05) is 0 Å². The fraction of sp³-hybridized carbons (Fsp3) is 0.727. The van der Waals surface area contributed by atoms with Crippen LogP contribution in [-0.4, -0.2) is 38.4 Å². The van der Waals surface area contributed by atoms with Gasteiger partial charge in [0.15, 0.2) is 0 Å². The molecule has 6 nitrogen and oxygen atoms in total. The van der Waals surface area contributed by atoms with Crippen LogP contribution in [0.4, 0.5) is 0 Å². The molecule has 1 fully saturated rings. The second-order valence-electron chi connectivity index (χ2n) is 5.11. The molecule has 0 atom stereocenters. The van der Waals surface area contributed by atoms with E-state index in [9.17, 15) is 8.42 Å². The van der Waals surface area contributed by atoms with Crippen LogP contribution in [0.1, 0.15) is 25.5 Å². The van der Waals surface area contributed by atoms with Gasteiger partial charge in [0.1, 0.15) is 4.90 Å². The number of hydrogen-bond donors (Lipinski definition) is 2. The zero-order valence-electron chi connectivity index (χ0n) is 10.7. The zero-order chi connectivity index (χ0) is 13.2. The minimum absolute atomic E-state index is 0.0248. The van der Waals surface area contributed by atoms with Gasteiger partial charge in [0.2, 0.25) is 10.0 Å². The van der Waals surface area contributed by atoms with Gasteiger partial charge in [-0.1, -0.05) is 6.92 Å². The minimum atomic E-state index is -3.47. The summed E-state index contributed by atoms with van der Waals surface area (Å²) >= 11 is 0. The smallest absolute Gasteiger partial charge is 0.243 e. The van der Waals surface area contributed by atoms with Crippen LogP contribution in [0.3, 0.4) is 0 Å². The lowest BCUT2D eigenvalue weighted by molar-refractivity contribution is 0.0264. The average Bonchev–Trinajstić information content (AvgIpc) is 2.75. The molecule has 7 heteroatoms. The molecule has 102 valence electrons. The Kier molecular flexibility index (Phi) is 3.74. The highest BCUT2D eigenvalue weighted by atomic mass is 32.2. The Bertz CT molecular complexity index is 503. The predicted octanol–water partition coefficient (Wildman–Crippen LogP) is 0.813. The Balaban J connectivity index is 2.03. The van der Waals surface area contributed by atoms with Gasteiger partial charge < -0.3 is 4.74 Å². The number of hydrogen-bond acceptors (Lipinski definition) is 4. The molecule has 0 aliphatic carbocycles. The first-order chi connectivity index (χ1) is 8.43. The Labute approximate surface area is 107 Å². The van der Waals surface area contributed by atoms with Crippen molar-refractivity contribution in [2.75, 3.05) is 19.8 Å². The molecule has 0 spiro atoms. The van der Waals surface area contributed by atoms with E-state index in [2.05, 4.69) is 21.8 Å². The van der Waals surface area contributed by atoms with Crippen molar-refractivity contribution in [3.05, 3.63) is 11.9 Å². The van der Waals surface area contributed by atoms with E-state index in [0.29, 0.717) is 25.5 Å². The fourth-order valence-corrected chi connectivity index (χ4v) is 3.33. The molecule has 0 amide bonds. The number of aromatic nitrogens is 2. The summed E-state index contributed by atoms with van der Waals surface area (Å²) in [6.45, 7) is 5.60. The third-order valence-electron chi connectivity index (χ3n) is 3.46. The maximum absolute atomic E-state index is 12.1. The Morgan fingerprint density at radius 2 is 2.17 bits per heavy atom. The molecular weight excluding hydrogens is 254 g/mol. The third kappa shape index (κ3) is 2.90. The Hall–Kier alpha value is -0.920. The molecular formula is C11H19N3O3S. The Morgan fingerprint density at radius 3 is 2.72 bits per heavy atom. The van der Waals surface area contributed by atoms with Gasteiger partial charge in [0.25, 0.3) is 0 Å². The highest BCUT2D eigenvalue weighted by molar-refractivity contribution is 7.89. The first-order valence-corrected chi connectivity index (χ1v) is 7.49. The zero-order valence-corrected chi connectivity index (χ0v) is 11.5. The van der Waals surface area contributed by atoms with Crippen LogP contribution in [0.5, 0.6) is 0 Å². The number of H-pyrrole nitrogens is 1. The molecule has 2 rings (SSSR count). The van der Waals surface area contributed by atoms with Crippen LogP contribution in [0.15, 0.2) is 11.1 Å². The van der Waals surface area contributed by atoms with E-state index >= 15 is 0 Å². The first kappa shape index (κ1) is 13.5. The van der Waals surface area contributed by atoms with E-state index < -0.39 is 10.0 Å². The largest absolute Gasteiger partial charge is 0.381 e. The maximum Gasteiger partial charge on any atom is 0.243 e. The van der Waals surface area contributed by atoms with Crippen LogP contribution < -0.4 is 4.72 Å². The van der Waals surface area contributed by atoms with Crippen molar-refractivity contribution in [3.8, 4) is 0 Å². The minimum Gasteiger partial charge on any atom is -0.381 e. The normalized spacial score (nSPS) is 19.9. The second-order valence-corrected chi connectivity index (χ2v) is 6.84. The van der Waals surface area contributed by atoms with E-state index in [0.717, 1.165) is 12.8 Å². The van der Waals surface area contributed by atoms with Crippen molar-refractivity contribution >= 4 is 10.0 Å². The van der Waals surface area contributed by atoms with Crippen molar-refractivity contribution in [1.82, 2.24) is 14.9 Å². The highest BCUT2D eigenvalue weighted by Crippen LogP contribution is 2.29. The SMILES string of the molecule is Cc1[nH]ncc1S(=O)(=O)NCC1(C)CCOCC1. The summed E-state index contributed by atoms with van der Waals surface area (Å²) in [5.41, 5.74) is 0.530. The van der Waals surface area contributed by atoms with Gasteiger partial charge in [-0.2, -0.15) is 5.10 Å². The summed E-state index contributed by atoms with van der Waals surface area (Å²) in [4.78, 5) is 0.221. The van der Waals surface area contributed by atoms with E-state index in [4.69, 9.17) is 4.74 Å². The summed E-state index contributed by atoms with van der Waals surface area (Å²) in [6, 6.07) is 0. The molecule has 0 aromatic carbocycles. The van der Waals surface area contributed by atoms with Crippen LogP contribution in [0, 0.1) is 12.3 Å². The molecule has 0 unspecified atom stereocenters. The van der Waals surface area contributed by atoms with Crippen LogP contribution in [-0.2, 0) is 14.8 Å². The summed E-state index contributed by atoms with van der Waals surface area (Å²) in [5.74, 6) is 0. The molecule has 1 aliphatic rings. The lowest BCUT2D eigenvalue weighted by Crippen LogP contribution is -2.39. The molecule has 1 saturated heterocycles. The molecule has 2 heterocycles. The summed E-state index contributed by atoms with van der Waals surface area (Å²) in [5, 5.41) is 6.37. The quantitative estimate of drug-likeness (QED) is 0.850. The molecule has 0 radical (unpaired) electrons. The lowest BCUT2D eigenvalue weighted by Gasteiger charge is -2.33. The summed E-state index contributed by atoms with van der Waals surface area (Å²) in [6.07, 6.45) is 3.09. The van der Waals surface area contributed by atoms with Gasteiger partial charge >= 0.3 is 0 Å². The summed E-state index contributed by atoms with van der Waals surface area (Å²) < 4.78 is 32.2. The highest BCUT2D eigenvalue weighted by Gasteiger charge is 2.29. The van der Waals surface area contributed by atoms with Gasteiger partial charge in [0, 0.05) is 19.8 Å². The number of aryl methyl sites for hydroxylation is 1. The molecule has 1 aromatic rings. The first-order valence-electron chi connectivity index (χ1n) is 6.00. The molecule has 18 heavy (non-hydrogen) atoms. The maximum atomic E-state index is 12.1. The third-order valence-corrected chi connectivity index (χ3v) is 4.98. The predicted molar refractivity (Wildman–Crippen MR) is 66.7 cm³/mol. The number of ether oxygens (including phenoxy) is 1. The van der Waals surface area contributed by atoms with E-state index in [1.54, 1.807) is 6.92 Å². The number of rotatable bonds is 4. The topological polar surface area (TPSA) is 84.1 Å². The van der Waals surface area contributed by atoms with Gasteiger partial charge in [-0.3, -0.25) is 5.10 Å². The van der Waals surface area contributed by atoms with Crippen LogP contribution in [0.2, 0.25) is 0 Å². The van der Waals surface area contributed by atoms with Crippen molar-refractivity contribution < 1.29 is 13.2 Å². The van der Waals surface area contributed by atoms with Crippen molar-refractivity contribution in [1.29, 1.82) is 0 Å². The fourth-order valence-electron chi connectivity index (χ4n) is 2.00. The molecule has 1 aliphatic heterocycles. The number of nitrogens with one attached hydrogen (secondary N) is 2. The van der Waals surface area contributed by atoms with Crippen molar-refractivity contribution in [2.24, 2.45) is 5.41 Å². The lowest BCUT2D eigenvalue weighted by atomic mass is 9.83. The van der Waals surface area contributed by atoms with Crippen molar-refractivity contribution in [2.45, 2.75) is 31.6 Å².